The molecule has 1 heterocycles. The monoisotopic (exact) mass is 200 g/mol. The van der Waals surface area contributed by atoms with E-state index < -0.39 is 0 Å². The molecule has 0 aliphatic carbocycles. The zero-order valence-corrected chi connectivity index (χ0v) is 8.08. The second kappa shape index (κ2) is 3.80. The number of benzene rings is 1. The molecule has 0 saturated carbocycles. The summed E-state index contributed by atoms with van der Waals surface area (Å²) in [4.78, 5) is 0. The van der Waals surface area contributed by atoms with E-state index in [9.17, 15) is 0 Å². The van der Waals surface area contributed by atoms with Crippen molar-refractivity contribution < 1.29 is 4.74 Å². The Hall–Kier alpha value is -2.35. The van der Waals surface area contributed by atoms with E-state index in [4.69, 9.17) is 10.00 Å². The second-order valence-corrected chi connectivity index (χ2v) is 2.87. The van der Waals surface area contributed by atoms with Gasteiger partial charge in [0.25, 0.3) is 0 Å². The summed E-state index contributed by atoms with van der Waals surface area (Å²) in [5.41, 5.74) is 1.37. The molecular weight excluding hydrogens is 192 g/mol. The van der Waals surface area contributed by atoms with Crippen LogP contribution in [-0.2, 0) is 0 Å². The van der Waals surface area contributed by atoms with E-state index in [1.165, 1.54) is 0 Å². The van der Waals surface area contributed by atoms with Gasteiger partial charge >= 0.3 is 0 Å². The average Bonchev–Trinajstić information content (AvgIpc) is 2.81. The molecule has 0 aliphatic heterocycles. The maximum Gasteiger partial charge on any atom is 0.144 e. The van der Waals surface area contributed by atoms with Gasteiger partial charge in [0.15, 0.2) is 0 Å². The van der Waals surface area contributed by atoms with Gasteiger partial charge in [0, 0.05) is 6.07 Å². The van der Waals surface area contributed by atoms with Crippen molar-refractivity contribution in [1.82, 2.24) is 14.8 Å². The number of aromatic nitrogens is 3. The first-order valence-corrected chi connectivity index (χ1v) is 4.28. The van der Waals surface area contributed by atoms with Crippen molar-refractivity contribution >= 4 is 0 Å². The van der Waals surface area contributed by atoms with Gasteiger partial charge in [-0.1, -0.05) is 0 Å². The molecule has 5 heteroatoms. The highest BCUT2D eigenvalue weighted by Gasteiger charge is 2.05. The zero-order chi connectivity index (χ0) is 10.7. The summed E-state index contributed by atoms with van der Waals surface area (Å²) in [7, 11) is 1.56. The number of rotatable bonds is 2. The largest absolute Gasteiger partial charge is 0.495 e. The van der Waals surface area contributed by atoms with Crippen LogP contribution in [0, 0.1) is 11.3 Å². The first-order valence-electron chi connectivity index (χ1n) is 4.28. The fourth-order valence-corrected chi connectivity index (χ4v) is 1.29. The molecule has 0 spiro atoms. The number of nitriles is 1. The van der Waals surface area contributed by atoms with Crippen molar-refractivity contribution in [3.63, 3.8) is 0 Å². The molecule has 0 bridgehead atoms. The maximum absolute atomic E-state index is 8.74. The summed E-state index contributed by atoms with van der Waals surface area (Å²) in [5, 5.41) is 16.2. The minimum absolute atomic E-state index is 0.559. The first kappa shape index (κ1) is 9.21. The van der Waals surface area contributed by atoms with E-state index in [1.807, 2.05) is 0 Å². The van der Waals surface area contributed by atoms with Gasteiger partial charge < -0.3 is 4.74 Å². The van der Waals surface area contributed by atoms with E-state index in [1.54, 1.807) is 42.5 Å². The maximum atomic E-state index is 8.74. The fraction of sp³-hybridized carbons (Fsp3) is 0.100. The van der Waals surface area contributed by atoms with Crippen LogP contribution < -0.4 is 4.74 Å². The molecule has 1 aromatic carbocycles. The minimum Gasteiger partial charge on any atom is -0.495 e. The lowest BCUT2D eigenvalue weighted by Gasteiger charge is -2.07. The van der Waals surface area contributed by atoms with Crippen molar-refractivity contribution in [2.75, 3.05) is 7.11 Å². The molecule has 74 valence electrons. The summed E-state index contributed by atoms with van der Waals surface area (Å²) in [5.74, 6) is 0.619. The van der Waals surface area contributed by atoms with Crippen LogP contribution in [0.4, 0.5) is 0 Å². The summed E-state index contributed by atoms with van der Waals surface area (Å²) < 4.78 is 6.91. The summed E-state index contributed by atoms with van der Waals surface area (Å²) in [6, 6.07) is 7.24. The minimum atomic E-state index is 0.559. The first-order chi connectivity index (χ1) is 7.35. The van der Waals surface area contributed by atoms with Gasteiger partial charge in [-0.3, -0.25) is 4.57 Å². The van der Waals surface area contributed by atoms with Gasteiger partial charge in [-0.05, 0) is 12.1 Å². The highest BCUT2D eigenvalue weighted by molar-refractivity contribution is 5.51. The van der Waals surface area contributed by atoms with Crippen LogP contribution in [0.1, 0.15) is 5.56 Å². The van der Waals surface area contributed by atoms with Crippen LogP contribution in [0.25, 0.3) is 5.69 Å². The molecule has 0 amide bonds. The molecule has 0 atom stereocenters. The van der Waals surface area contributed by atoms with Gasteiger partial charge in [-0.25, -0.2) is 0 Å². The van der Waals surface area contributed by atoms with Crippen LogP contribution in [0.3, 0.4) is 0 Å². The smallest absolute Gasteiger partial charge is 0.144 e. The van der Waals surface area contributed by atoms with E-state index >= 15 is 0 Å². The molecule has 0 radical (unpaired) electrons. The Morgan fingerprint density at radius 3 is 2.67 bits per heavy atom. The second-order valence-electron chi connectivity index (χ2n) is 2.87. The fourth-order valence-electron chi connectivity index (χ4n) is 1.29. The lowest BCUT2D eigenvalue weighted by atomic mass is 10.2. The van der Waals surface area contributed by atoms with Crippen molar-refractivity contribution in [3.8, 4) is 17.5 Å². The van der Waals surface area contributed by atoms with Crippen molar-refractivity contribution in [3.05, 3.63) is 36.4 Å². The molecule has 0 fully saturated rings. The third-order valence-electron chi connectivity index (χ3n) is 2.01. The molecule has 5 nitrogen and oxygen atoms in total. The Bertz CT molecular complexity index is 499. The van der Waals surface area contributed by atoms with Gasteiger partial charge in [-0.2, -0.15) is 5.26 Å². The van der Waals surface area contributed by atoms with E-state index in [0.717, 1.165) is 5.69 Å². The zero-order valence-electron chi connectivity index (χ0n) is 8.08. The Morgan fingerprint density at radius 2 is 2.07 bits per heavy atom. The summed E-state index contributed by atoms with van der Waals surface area (Å²) in [6.07, 6.45) is 3.15. The quantitative estimate of drug-likeness (QED) is 0.729. The van der Waals surface area contributed by atoms with Crippen LogP contribution in [0.2, 0.25) is 0 Å². The van der Waals surface area contributed by atoms with Gasteiger partial charge in [-0.15, -0.1) is 10.2 Å². The topological polar surface area (TPSA) is 63.7 Å². The van der Waals surface area contributed by atoms with Crippen molar-refractivity contribution in [1.29, 1.82) is 5.26 Å². The molecule has 0 aliphatic rings. The molecule has 15 heavy (non-hydrogen) atoms. The van der Waals surface area contributed by atoms with E-state index in [2.05, 4.69) is 16.3 Å². The highest BCUT2D eigenvalue weighted by atomic mass is 16.5. The Kier molecular flexibility index (Phi) is 2.33. The van der Waals surface area contributed by atoms with Crippen molar-refractivity contribution in [2.45, 2.75) is 0 Å². The lowest BCUT2D eigenvalue weighted by Crippen LogP contribution is -1.96. The van der Waals surface area contributed by atoms with Gasteiger partial charge in [0.2, 0.25) is 0 Å². The SMILES string of the molecule is COc1cc(C#N)ccc1-n1cnnc1. The van der Waals surface area contributed by atoms with Crippen molar-refractivity contribution in [2.24, 2.45) is 0 Å². The number of nitrogens with zero attached hydrogens (tertiary/aromatic N) is 4. The number of ether oxygens (including phenoxy) is 1. The molecular formula is C10H8N4O. The predicted molar refractivity (Wildman–Crippen MR) is 52.6 cm³/mol. The molecule has 0 saturated heterocycles. The van der Waals surface area contributed by atoms with Crippen LogP contribution in [0.15, 0.2) is 30.9 Å². The van der Waals surface area contributed by atoms with E-state index in [-0.39, 0.29) is 0 Å². The Labute approximate surface area is 86.6 Å². The number of hydrogen-bond donors (Lipinski definition) is 0. The molecule has 0 unspecified atom stereocenters. The summed E-state index contributed by atoms with van der Waals surface area (Å²) >= 11 is 0. The predicted octanol–water partition coefficient (Wildman–Crippen LogP) is 1.15. The van der Waals surface area contributed by atoms with Gasteiger partial charge in [0.1, 0.15) is 18.4 Å². The molecule has 2 rings (SSSR count). The normalized spacial score (nSPS) is 9.60. The van der Waals surface area contributed by atoms with Gasteiger partial charge in [0.05, 0.1) is 24.4 Å². The third-order valence-corrected chi connectivity index (χ3v) is 2.01. The van der Waals surface area contributed by atoms with E-state index in [0.29, 0.717) is 11.3 Å². The van der Waals surface area contributed by atoms with Crippen LogP contribution in [-0.4, -0.2) is 21.9 Å². The van der Waals surface area contributed by atoms with Crippen LogP contribution >= 0.6 is 0 Å². The van der Waals surface area contributed by atoms with Crippen LogP contribution in [0.5, 0.6) is 5.75 Å². The third kappa shape index (κ3) is 1.65. The Balaban J connectivity index is 2.54. The average molecular weight is 200 g/mol. The Morgan fingerprint density at radius 1 is 1.33 bits per heavy atom. The molecule has 0 N–H and O–H groups in total. The molecule has 2 aromatic rings. The number of hydrogen-bond acceptors (Lipinski definition) is 4. The summed E-state index contributed by atoms with van der Waals surface area (Å²) in [6.45, 7) is 0. The lowest BCUT2D eigenvalue weighted by molar-refractivity contribution is 0.412. The highest BCUT2D eigenvalue weighted by Crippen LogP contribution is 2.23. The number of methoxy groups -OCH3 is 1. The molecule has 1 aromatic heterocycles. The standard InChI is InChI=1S/C10H8N4O/c1-15-10-4-8(5-11)2-3-9(10)14-6-12-13-7-14/h2-4,6-7H,1H3.